The van der Waals surface area contributed by atoms with Crippen molar-refractivity contribution in [2.24, 2.45) is 0 Å². The van der Waals surface area contributed by atoms with Crippen LogP contribution in [0.25, 0.3) is 5.76 Å². The number of Topliss-reactive ketones (excluding diaryl/α,β-unsaturated/α-hetero) is 1. The zero-order chi connectivity index (χ0) is 28.6. The van der Waals surface area contributed by atoms with Gasteiger partial charge >= 0.3 is 6.18 Å². The van der Waals surface area contributed by atoms with Crippen LogP contribution in [-0.4, -0.2) is 38.0 Å². The van der Waals surface area contributed by atoms with Gasteiger partial charge in [0, 0.05) is 31.0 Å². The fourth-order valence-corrected chi connectivity index (χ4v) is 4.67. The van der Waals surface area contributed by atoms with E-state index in [0.29, 0.717) is 16.9 Å². The molecule has 6 nitrogen and oxygen atoms in total. The lowest BCUT2D eigenvalue weighted by Crippen LogP contribution is -2.29. The molecule has 204 valence electrons. The number of nitrogens with zero attached hydrogens (tertiary/aromatic N) is 2. The second-order valence-electron chi connectivity index (χ2n) is 9.81. The Kier molecular flexibility index (Phi) is 7.46. The Hall–Kier alpha value is -4.27. The van der Waals surface area contributed by atoms with Crippen molar-refractivity contribution in [2.45, 2.75) is 32.0 Å². The summed E-state index contributed by atoms with van der Waals surface area (Å²) in [6, 6.07) is 15.0. The van der Waals surface area contributed by atoms with Crippen molar-refractivity contribution in [1.82, 2.24) is 0 Å². The van der Waals surface area contributed by atoms with Crippen molar-refractivity contribution in [1.29, 1.82) is 0 Å². The molecule has 3 aromatic carbocycles. The van der Waals surface area contributed by atoms with Gasteiger partial charge in [-0.3, -0.25) is 14.5 Å². The first-order valence-electron chi connectivity index (χ1n) is 12.3. The molecule has 9 heteroatoms. The number of aliphatic hydroxyl groups excluding tert-OH is 1. The van der Waals surface area contributed by atoms with Crippen LogP contribution in [0.1, 0.15) is 48.1 Å². The highest BCUT2D eigenvalue weighted by atomic mass is 19.4. The first-order chi connectivity index (χ1) is 18.3. The number of hydrogen-bond donors (Lipinski definition) is 1. The lowest BCUT2D eigenvalue weighted by molar-refractivity contribution is -0.137. The SMILES string of the molecule is COc1ccc(/C(O)=C2/C(=O)C(=O)N(c3ccc(C(F)(F)F)cc3)C2c2ccc(N(C)C)cc2)cc1C(C)C. The highest BCUT2D eigenvalue weighted by Crippen LogP contribution is 2.43. The second-order valence-corrected chi connectivity index (χ2v) is 9.81. The van der Waals surface area contributed by atoms with E-state index in [4.69, 9.17) is 4.74 Å². The summed E-state index contributed by atoms with van der Waals surface area (Å²) in [6.07, 6.45) is -4.56. The molecule has 0 radical (unpaired) electrons. The summed E-state index contributed by atoms with van der Waals surface area (Å²) >= 11 is 0. The molecule has 0 aromatic heterocycles. The van der Waals surface area contributed by atoms with Crippen LogP contribution in [-0.2, 0) is 15.8 Å². The Morgan fingerprint density at radius 3 is 2.10 bits per heavy atom. The third kappa shape index (κ3) is 5.21. The van der Waals surface area contributed by atoms with Gasteiger partial charge in [0.1, 0.15) is 11.5 Å². The first kappa shape index (κ1) is 27.8. The molecule has 1 amide bonds. The molecule has 1 N–H and O–H groups in total. The highest BCUT2D eigenvalue weighted by Gasteiger charge is 2.47. The number of ketones is 1. The molecule has 0 aliphatic carbocycles. The van der Waals surface area contributed by atoms with E-state index >= 15 is 0 Å². The summed E-state index contributed by atoms with van der Waals surface area (Å²) in [6.45, 7) is 3.91. The maximum Gasteiger partial charge on any atom is 0.416 e. The Labute approximate surface area is 224 Å². The van der Waals surface area contributed by atoms with Crippen molar-refractivity contribution in [3.8, 4) is 5.75 Å². The number of alkyl halides is 3. The summed E-state index contributed by atoms with van der Waals surface area (Å²) in [5.74, 6) is -1.61. The molecule has 3 aromatic rings. The average molecular weight is 539 g/mol. The van der Waals surface area contributed by atoms with E-state index in [-0.39, 0.29) is 22.9 Å². The Morgan fingerprint density at radius 1 is 0.974 bits per heavy atom. The standard InChI is InChI=1S/C30H29F3N2O4/c1-17(2)23-16-19(8-15-24(23)39-5)27(36)25-26(18-6-11-21(12-7-18)34(3)4)35(29(38)28(25)37)22-13-9-20(10-14-22)30(31,32)33/h6-17,26,36H,1-5H3/b27-25-. The minimum atomic E-state index is -4.56. The van der Waals surface area contributed by atoms with Gasteiger partial charge in [-0.25, -0.2) is 0 Å². The van der Waals surface area contributed by atoms with Crippen LogP contribution in [0.2, 0.25) is 0 Å². The summed E-state index contributed by atoms with van der Waals surface area (Å²) in [4.78, 5) is 29.8. The number of methoxy groups -OCH3 is 1. The Bertz CT molecular complexity index is 1430. The molecule has 0 bridgehead atoms. The maximum atomic E-state index is 13.4. The van der Waals surface area contributed by atoms with Crippen LogP contribution in [0.15, 0.2) is 72.3 Å². The predicted molar refractivity (Wildman–Crippen MR) is 144 cm³/mol. The fourth-order valence-electron chi connectivity index (χ4n) is 4.67. The van der Waals surface area contributed by atoms with Crippen LogP contribution < -0.4 is 14.5 Å². The van der Waals surface area contributed by atoms with E-state index in [0.717, 1.165) is 40.4 Å². The number of rotatable bonds is 6. The molecule has 1 aliphatic heterocycles. The van der Waals surface area contributed by atoms with E-state index in [1.807, 2.05) is 32.8 Å². The topological polar surface area (TPSA) is 70.1 Å². The molecule has 0 spiro atoms. The molecule has 1 unspecified atom stereocenters. The van der Waals surface area contributed by atoms with Crippen molar-refractivity contribution in [3.63, 3.8) is 0 Å². The van der Waals surface area contributed by atoms with Crippen molar-refractivity contribution < 1.29 is 32.6 Å². The van der Waals surface area contributed by atoms with Gasteiger partial charge in [-0.15, -0.1) is 0 Å². The normalized spacial score (nSPS) is 17.2. The van der Waals surface area contributed by atoms with Crippen molar-refractivity contribution in [2.75, 3.05) is 31.0 Å². The number of carbonyl (C=O) groups excluding carboxylic acids is 2. The van der Waals surface area contributed by atoms with Crippen LogP contribution in [0.3, 0.4) is 0 Å². The number of carbonyl (C=O) groups is 2. The molecular formula is C30H29F3N2O4. The molecule has 1 aliphatic rings. The highest BCUT2D eigenvalue weighted by molar-refractivity contribution is 6.51. The van der Waals surface area contributed by atoms with Gasteiger partial charge in [-0.1, -0.05) is 26.0 Å². The first-order valence-corrected chi connectivity index (χ1v) is 12.3. The number of ether oxygens (including phenoxy) is 1. The zero-order valence-electron chi connectivity index (χ0n) is 22.2. The minimum absolute atomic E-state index is 0.0385. The van der Waals surface area contributed by atoms with E-state index in [9.17, 15) is 27.9 Å². The van der Waals surface area contributed by atoms with Gasteiger partial charge in [-0.2, -0.15) is 13.2 Å². The molecule has 1 heterocycles. The number of benzene rings is 3. The average Bonchev–Trinajstić information content (AvgIpc) is 3.17. The van der Waals surface area contributed by atoms with Gasteiger partial charge in [-0.05, 0) is 71.6 Å². The monoisotopic (exact) mass is 538 g/mol. The van der Waals surface area contributed by atoms with E-state index in [1.54, 1.807) is 42.5 Å². The number of aliphatic hydroxyl groups is 1. The summed E-state index contributed by atoms with van der Waals surface area (Å²) in [5, 5.41) is 11.5. The largest absolute Gasteiger partial charge is 0.507 e. The van der Waals surface area contributed by atoms with E-state index < -0.39 is 29.5 Å². The van der Waals surface area contributed by atoms with Gasteiger partial charge in [0.2, 0.25) is 0 Å². The summed E-state index contributed by atoms with van der Waals surface area (Å²) < 4.78 is 45.0. The minimum Gasteiger partial charge on any atom is -0.507 e. The molecular weight excluding hydrogens is 509 g/mol. The summed E-state index contributed by atoms with van der Waals surface area (Å²) in [5.41, 5.74) is 1.56. The Morgan fingerprint density at radius 2 is 1.59 bits per heavy atom. The van der Waals surface area contributed by atoms with Crippen LogP contribution in [0, 0.1) is 0 Å². The number of hydrogen-bond acceptors (Lipinski definition) is 5. The van der Waals surface area contributed by atoms with Gasteiger partial charge in [0.05, 0.1) is 24.3 Å². The smallest absolute Gasteiger partial charge is 0.416 e. The quantitative estimate of drug-likeness (QED) is 0.220. The molecule has 0 saturated carbocycles. The molecule has 39 heavy (non-hydrogen) atoms. The van der Waals surface area contributed by atoms with Gasteiger partial charge < -0.3 is 14.7 Å². The van der Waals surface area contributed by atoms with E-state index in [2.05, 4.69) is 0 Å². The summed E-state index contributed by atoms with van der Waals surface area (Å²) in [7, 11) is 5.26. The number of anilines is 2. The van der Waals surface area contributed by atoms with Crippen molar-refractivity contribution >= 4 is 28.8 Å². The second kappa shape index (κ2) is 10.5. The number of halogens is 3. The molecule has 4 rings (SSSR count). The van der Waals surface area contributed by atoms with Gasteiger partial charge in [0.25, 0.3) is 11.7 Å². The predicted octanol–water partition coefficient (Wildman–Crippen LogP) is 6.53. The Balaban J connectivity index is 1.92. The third-order valence-electron chi connectivity index (χ3n) is 6.77. The van der Waals surface area contributed by atoms with Crippen LogP contribution >= 0.6 is 0 Å². The lowest BCUT2D eigenvalue weighted by atomic mass is 9.93. The molecule has 1 saturated heterocycles. The maximum absolute atomic E-state index is 13.4. The third-order valence-corrected chi connectivity index (χ3v) is 6.77. The zero-order valence-corrected chi connectivity index (χ0v) is 22.2. The fraction of sp³-hybridized carbons (Fsp3) is 0.267. The van der Waals surface area contributed by atoms with Gasteiger partial charge in [0.15, 0.2) is 0 Å². The van der Waals surface area contributed by atoms with Crippen LogP contribution in [0.5, 0.6) is 5.75 Å². The molecule has 1 fully saturated rings. The van der Waals surface area contributed by atoms with Crippen LogP contribution in [0.4, 0.5) is 24.5 Å². The molecule has 1 atom stereocenters. The van der Waals surface area contributed by atoms with E-state index in [1.165, 1.54) is 7.11 Å². The lowest BCUT2D eigenvalue weighted by Gasteiger charge is -2.26. The number of amides is 1. The van der Waals surface area contributed by atoms with Crippen molar-refractivity contribution in [3.05, 3.63) is 94.6 Å².